The van der Waals surface area contributed by atoms with Gasteiger partial charge in [-0.3, -0.25) is 9.59 Å². The topological polar surface area (TPSA) is 46.6 Å². The summed E-state index contributed by atoms with van der Waals surface area (Å²) < 4.78 is 32.5. The molecule has 1 aliphatic rings. The van der Waals surface area contributed by atoms with Crippen LogP contribution < -0.4 is 4.74 Å². The van der Waals surface area contributed by atoms with Crippen molar-refractivity contribution in [3.63, 3.8) is 0 Å². The number of carbonyl (C=O) groups is 2. The number of benzene rings is 2. The van der Waals surface area contributed by atoms with Crippen LogP contribution in [0.5, 0.6) is 5.75 Å². The zero-order valence-electron chi connectivity index (χ0n) is 14.8. The number of amides is 1. The minimum absolute atomic E-state index is 0.134. The van der Waals surface area contributed by atoms with E-state index in [0.717, 1.165) is 12.1 Å². The fourth-order valence-electron chi connectivity index (χ4n) is 3.00. The molecule has 4 nitrogen and oxygen atoms in total. The van der Waals surface area contributed by atoms with Gasteiger partial charge in [-0.1, -0.05) is 0 Å². The Hall–Kier alpha value is -2.41. The number of ether oxygens (including phenoxy) is 1. The Morgan fingerprint density at radius 1 is 1.11 bits per heavy atom. The molecule has 3 rings (SSSR count). The summed E-state index contributed by atoms with van der Waals surface area (Å²) in [6.07, 6.45) is 0.544. The third-order valence-corrected chi connectivity index (χ3v) is 5.61. The average Bonchev–Trinajstić information content (AvgIpc) is 2.89. The Kier molecular flexibility index (Phi) is 6.11. The molecule has 0 saturated carbocycles. The molecule has 1 fully saturated rings. The van der Waals surface area contributed by atoms with Crippen LogP contribution in [0.3, 0.4) is 0 Å². The first-order valence-corrected chi connectivity index (χ1v) is 9.63. The number of rotatable bonds is 3. The van der Waals surface area contributed by atoms with Crippen LogP contribution in [-0.2, 0) is 4.79 Å². The molecular weight excluding hydrogens is 372 g/mol. The molecule has 7 heteroatoms. The number of esters is 1. The van der Waals surface area contributed by atoms with E-state index in [-0.39, 0.29) is 11.2 Å². The third-order valence-electron chi connectivity index (χ3n) is 4.30. The molecule has 1 amide bonds. The molecule has 27 heavy (non-hydrogen) atoms. The van der Waals surface area contributed by atoms with Crippen molar-refractivity contribution in [1.82, 2.24) is 4.90 Å². The van der Waals surface area contributed by atoms with Gasteiger partial charge in [-0.05, 0) is 48.9 Å². The maximum Gasteiger partial charge on any atom is 0.308 e. The first kappa shape index (κ1) is 19.4. The predicted octanol–water partition coefficient (Wildman–Crippen LogP) is 4.21. The summed E-state index contributed by atoms with van der Waals surface area (Å²) in [4.78, 5) is 25.4. The summed E-state index contributed by atoms with van der Waals surface area (Å²) in [6, 6.07) is 9.86. The van der Waals surface area contributed by atoms with Crippen molar-refractivity contribution < 1.29 is 23.1 Å². The van der Waals surface area contributed by atoms with E-state index in [1.54, 1.807) is 29.2 Å². The van der Waals surface area contributed by atoms with Crippen molar-refractivity contribution in [2.45, 2.75) is 18.6 Å². The molecule has 0 aromatic heterocycles. The fourth-order valence-corrected chi connectivity index (χ4v) is 4.24. The maximum atomic E-state index is 14.0. The highest BCUT2D eigenvalue weighted by atomic mass is 32.2. The third kappa shape index (κ3) is 4.86. The monoisotopic (exact) mass is 391 g/mol. The van der Waals surface area contributed by atoms with Gasteiger partial charge in [-0.2, -0.15) is 11.8 Å². The molecule has 1 aliphatic heterocycles. The quantitative estimate of drug-likeness (QED) is 0.581. The Bertz CT molecular complexity index is 842. The van der Waals surface area contributed by atoms with Gasteiger partial charge < -0.3 is 9.64 Å². The van der Waals surface area contributed by atoms with Gasteiger partial charge in [0.1, 0.15) is 17.4 Å². The van der Waals surface area contributed by atoms with Crippen molar-refractivity contribution >= 4 is 23.6 Å². The molecule has 1 saturated heterocycles. The first-order chi connectivity index (χ1) is 12.9. The normalized spacial score (nSPS) is 17.3. The van der Waals surface area contributed by atoms with Crippen LogP contribution in [0.4, 0.5) is 8.78 Å². The molecule has 1 heterocycles. The van der Waals surface area contributed by atoms with Gasteiger partial charge >= 0.3 is 5.97 Å². The highest BCUT2D eigenvalue weighted by Gasteiger charge is 2.25. The van der Waals surface area contributed by atoms with Gasteiger partial charge in [0.05, 0.1) is 0 Å². The summed E-state index contributed by atoms with van der Waals surface area (Å²) >= 11 is 1.53. The second-order valence-corrected chi connectivity index (χ2v) is 7.53. The van der Waals surface area contributed by atoms with E-state index < -0.39 is 17.6 Å². The van der Waals surface area contributed by atoms with Crippen LogP contribution >= 0.6 is 11.8 Å². The molecule has 0 unspecified atom stereocenters. The van der Waals surface area contributed by atoms with Crippen LogP contribution in [0, 0.1) is 11.6 Å². The minimum atomic E-state index is -0.461. The number of carbonyl (C=O) groups excluding carboxylic acids is 2. The highest BCUT2D eigenvalue weighted by molar-refractivity contribution is 7.99. The number of nitrogens with zero attached hydrogens (tertiary/aromatic N) is 1. The number of thioether (sulfide) groups is 1. The van der Waals surface area contributed by atoms with E-state index in [9.17, 15) is 18.4 Å². The SMILES string of the molecule is CC(=O)Oc1ccc(C(=O)N2CCS[C@@H](c3cc(F)ccc3F)CC2)cc1. The van der Waals surface area contributed by atoms with E-state index in [0.29, 0.717) is 42.1 Å². The van der Waals surface area contributed by atoms with Gasteiger partial charge in [0, 0.05) is 42.1 Å². The van der Waals surface area contributed by atoms with Crippen LogP contribution in [0.1, 0.15) is 34.5 Å². The predicted molar refractivity (Wildman–Crippen MR) is 99.8 cm³/mol. The lowest BCUT2D eigenvalue weighted by molar-refractivity contribution is -0.131. The number of halogens is 2. The van der Waals surface area contributed by atoms with Crippen LogP contribution in [0.25, 0.3) is 0 Å². The molecule has 2 aromatic rings. The van der Waals surface area contributed by atoms with Gasteiger partial charge in [0.25, 0.3) is 5.91 Å². The van der Waals surface area contributed by atoms with Crippen molar-refractivity contribution in [2.24, 2.45) is 0 Å². The van der Waals surface area contributed by atoms with Gasteiger partial charge in [-0.15, -0.1) is 0 Å². The van der Waals surface area contributed by atoms with Gasteiger partial charge in [-0.25, -0.2) is 8.78 Å². The summed E-state index contributed by atoms with van der Waals surface area (Å²) in [6.45, 7) is 2.30. The summed E-state index contributed by atoms with van der Waals surface area (Å²) in [5, 5.41) is -0.190. The number of hydrogen-bond donors (Lipinski definition) is 0. The minimum Gasteiger partial charge on any atom is -0.427 e. The zero-order chi connectivity index (χ0) is 19.4. The van der Waals surface area contributed by atoms with Crippen molar-refractivity contribution in [1.29, 1.82) is 0 Å². The Morgan fingerprint density at radius 3 is 2.56 bits per heavy atom. The Labute approximate surface area is 160 Å². The van der Waals surface area contributed by atoms with E-state index in [1.165, 1.54) is 24.8 Å². The van der Waals surface area contributed by atoms with Crippen LogP contribution in [-0.4, -0.2) is 35.6 Å². The van der Waals surface area contributed by atoms with E-state index in [4.69, 9.17) is 4.74 Å². The van der Waals surface area contributed by atoms with Gasteiger partial charge in [0.15, 0.2) is 0 Å². The van der Waals surface area contributed by atoms with E-state index in [2.05, 4.69) is 0 Å². The van der Waals surface area contributed by atoms with E-state index >= 15 is 0 Å². The molecule has 0 N–H and O–H groups in total. The molecule has 0 aliphatic carbocycles. The second kappa shape index (κ2) is 8.52. The summed E-state index contributed by atoms with van der Waals surface area (Å²) in [5.74, 6) is -0.420. The number of hydrogen-bond acceptors (Lipinski definition) is 4. The maximum absolute atomic E-state index is 14.0. The highest BCUT2D eigenvalue weighted by Crippen LogP contribution is 2.36. The fraction of sp³-hybridized carbons (Fsp3) is 0.300. The standard InChI is InChI=1S/C20H19F2NO3S/c1-13(24)26-16-5-2-14(3-6-16)20(25)23-9-8-19(27-11-10-23)17-12-15(21)4-7-18(17)22/h2-7,12,19H,8-11H2,1H3/t19-/m1/s1. The van der Waals surface area contributed by atoms with Crippen LogP contribution in [0.2, 0.25) is 0 Å². The summed E-state index contributed by atoms with van der Waals surface area (Å²) in [7, 11) is 0. The van der Waals surface area contributed by atoms with Crippen molar-refractivity contribution in [3.05, 3.63) is 65.2 Å². The molecule has 0 radical (unpaired) electrons. The second-order valence-electron chi connectivity index (χ2n) is 6.22. The van der Waals surface area contributed by atoms with Crippen LogP contribution in [0.15, 0.2) is 42.5 Å². The van der Waals surface area contributed by atoms with E-state index in [1.807, 2.05) is 0 Å². The molecule has 0 spiro atoms. The molecular formula is C20H19F2NO3S. The lowest BCUT2D eigenvalue weighted by Gasteiger charge is -2.20. The Balaban J connectivity index is 1.67. The largest absolute Gasteiger partial charge is 0.427 e. The lowest BCUT2D eigenvalue weighted by atomic mass is 10.1. The van der Waals surface area contributed by atoms with Crippen molar-refractivity contribution in [2.75, 3.05) is 18.8 Å². The first-order valence-electron chi connectivity index (χ1n) is 8.58. The van der Waals surface area contributed by atoms with Gasteiger partial charge in [0.2, 0.25) is 0 Å². The Morgan fingerprint density at radius 2 is 1.85 bits per heavy atom. The smallest absolute Gasteiger partial charge is 0.308 e. The molecule has 142 valence electrons. The molecule has 0 bridgehead atoms. The average molecular weight is 391 g/mol. The molecule has 1 atom stereocenters. The molecule has 2 aromatic carbocycles. The summed E-state index contributed by atoms with van der Waals surface area (Å²) in [5.41, 5.74) is 0.839. The lowest BCUT2D eigenvalue weighted by Crippen LogP contribution is -2.32. The zero-order valence-corrected chi connectivity index (χ0v) is 15.6. The van der Waals surface area contributed by atoms with Crippen molar-refractivity contribution in [3.8, 4) is 5.75 Å².